The molecule has 0 spiro atoms. The summed E-state index contributed by atoms with van der Waals surface area (Å²) in [6, 6.07) is 9.62. The first-order valence-electron chi connectivity index (χ1n) is 6.31. The highest BCUT2D eigenvalue weighted by Crippen LogP contribution is 2.40. The molecular weight excluding hydrogens is 279 g/mol. The molecule has 2 nitrogen and oxygen atoms in total. The van der Waals surface area contributed by atoms with Crippen LogP contribution in [0.1, 0.15) is 35.2 Å². The Kier molecular flexibility index (Phi) is 3.48. The van der Waals surface area contributed by atoms with Crippen LogP contribution in [-0.2, 0) is 6.42 Å². The second kappa shape index (κ2) is 5.12. The van der Waals surface area contributed by atoms with Gasteiger partial charge in [0.1, 0.15) is 0 Å². The highest BCUT2D eigenvalue weighted by atomic mass is 35.5. The Morgan fingerprint density at radius 1 is 1.21 bits per heavy atom. The van der Waals surface area contributed by atoms with Crippen LogP contribution in [0.4, 0.5) is 0 Å². The number of halogens is 2. The number of rotatable bonds is 2. The lowest BCUT2D eigenvalue weighted by atomic mass is 9.91. The SMILES string of the molecule is NC(c1ccc(Cl)c(Cl)c1)C1CCc2cccnc21. The molecule has 98 valence electrons. The zero-order chi connectivity index (χ0) is 13.4. The average Bonchev–Trinajstić information content (AvgIpc) is 2.85. The lowest BCUT2D eigenvalue weighted by Gasteiger charge is -2.20. The maximum Gasteiger partial charge on any atom is 0.0595 e. The zero-order valence-corrected chi connectivity index (χ0v) is 11.8. The van der Waals surface area contributed by atoms with Crippen molar-refractivity contribution in [1.29, 1.82) is 0 Å². The van der Waals surface area contributed by atoms with E-state index in [1.165, 1.54) is 5.56 Å². The van der Waals surface area contributed by atoms with Gasteiger partial charge in [0.25, 0.3) is 0 Å². The monoisotopic (exact) mass is 292 g/mol. The van der Waals surface area contributed by atoms with Gasteiger partial charge < -0.3 is 5.73 Å². The lowest BCUT2D eigenvalue weighted by molar-refractivity contribution is 0.541. The number of aromatic nitrogens is 1. The van der Waals surface area contributed by atoms with Crippen LogP contribution in [0.5, 0.6) is 0 Å². The van der Waals surface area contributed by atoms with E-state index in [2.05, 4.69) is 11.1 Å². The van der Waals surface area contributed by atoms with Gasteiger partial charge in [-0.15, -0.1) is 0 Å². The average molecular weight is 293 g/mol. The van der Waals surface area contributed by atoms with Crippen molar-refractivity contribution in [2.75, 3.05) is 0 Å². The number of benzene rings is 1. The Hall–Kier alpha value is -1.09. The predicted octanol–water partition coefficient (Wildman–Crippen LogP) is 4.12. The van der Waals surface area contributed by atoms with Crippen LogP contribution in [0.3, 0.4) is 0 Å². The quantitative estimate of drug-likeness (QED) is 0.904. The summed E-state index contributed by atoms with van der Waals surface area (Å²) < 4.78 is 0. The van der Waals surface area contributed by atoms with E-state index in [-0.39, 0.29) is 12.0 Å². The minimum absolute atomic E-state index is 0.0917. The molecule has 3 rings (SSSR count). The number of nitrogens with two attached hydrogens (primary N) is 1. The second-order valence-electron chi connectivity index (χ2n) is 4.89. The highest BCUT2D eigenvalue weighted by Gasteiger charge is 2.29. The standard InChI is InChI=1S/C15H14Cl2N2/c16-12-6-4-10(8-13(12)17)14(18)11-5-3-9-2-1-7-19-15(9)11/h1-2,4,6-8,11,14H,3,5,18H2. The van der Waals surface area contributed by atoms with E-state index < -0.39 is 0 Å². The first kappa shape index (κ1) is 12.9. The van der Waals surface area contributed by atoms with E-state index in [0.29, 0.717) is 10.0 Å². The smallest absolute Gasteiger partial charge is 0.0595 e. The van der Waals surface area contributed by atoms with Crippen molar-refractivity contribution < 1.29 is 0 Å². The van der Waals surface area contributed by atoms with Gasteiger partial charge in [0.15, 0.2) is 0 Å². The molecule has 2 atom stereocenters. The van der Waals surface area contributed by atoms with Gasteiger partial charge in [0.05, 0.1) is 10.0 Å². The van der Waals surface area contributed by atoms with Gasteiger partial charge in [-0.05, 0) is 42.2 Å². The van der Waals surface area contributed by atoms with Gasteiger partial charge in [0, 0.05) is 23.9 Å². The topological polar surface area (TPSA) is 38.9 Å². The fourth-order valence-electron chi connectivity index (χ4n) is 2.75. The predicted molar refractivity (Wildman–Crippen MR) is 78.7 cm³/mol. The Morgan fingerprint density at radius 3 is 2.84 bits per heavy atom. The first-order valence-corrected chi connectivity index (χ1v) is 7.06. The summed E-state index contributed by atoms with van der Waals surface area (Å²) in [5.74, 6) is 0.258. The minimum Gasteiger partial charge on any atom is -0.323 e. The summed E-state index contributed by atoms with van der Waals surface area (Å²) >= 11 is 12.0. The maximum atomic E-state index is 6.39. The van der Waals surface area contributed by atoms with Crippen molar-refractivity contribution in [3.8, 4) is 0 Å². The molecule has 19 heavy (non-hydrogen) atoms. The molecule has 0 radical (unpaired) electrons. The van der Waals surface area contributed by atoms with E-state index in [9.17, 15) is 0 Å². The third-order valence-corrected chi connectivity index (χ3v) is 4.50. The fourth-order valence-corrected chi connectivity index (χ4v) is 3.05. The molecule has 1 aromatic heterocycles. The third-order valence-electron chi connectivity index (χ3n) is 3.76. The zero-order valence-electron chi connectivity index (χ0n) is 10.3. The molecule has 1 heterocycles. The van der Waals surface area contributed by atoms with Crippen LogP contribution >= 0.6 is 23.2 Å². The van der Waals surface area contributed by atoms with E-state index >= 15 is 0 Å². The number of aryl methyl sites for hydroxylation is 1. The number of nitrogens with zero attached hydrogens (tertiary/aromatic N) is 1. The summed E-state index contributed by atoms with van der Waals surface area (Å²) in [6.07, 6.45) is 3.91. The van der Waals surface area contributed by atoms with Crippen LogP contribution in [0.15, 0.2) is 36.5 Å². The number of pyridine rings is 1. The molecule has 1 aliphatic carbocycles. The van der Waals surface area contributed by atoms with Crippen LogP contribution in [0.25, 0.3) is 0 Å². The largest absolute Gasteiger partial charge is 0.323 e. The van der Waals surface area contributed by atoms with Gasteiger partial charge in [-0.25, -0.2) is 0 Å². The molecule has 0 fully saturated rings. The molecule has 0 bridgehead atoms. The minimum atomic E-state index is -0.0917. The van der Waals surface area contributed by atoms with Crippen LogP contribution in [0.2, 0.25) is 10.0 Å². The van der Waals surface area contributed by atoms with Crippen molar-refractivity contribution in [3.05, 3.63) is 63.4 Å². The van der Waals surface area contributed by atoms with Gasteiger partial charge in [-0.3, -0.25) is 4.98 Å². The number of hydrogen-bond donors (Lipinski definition) is 1. The first-order chi connectivity index (χ1) is 9.16. The molecule has 4 heteroatoms. The van der Waals surface area contributed by atoms with Gasteiger partial charge in [-0.2, -0.15) is 0 Å². The molecule has 2 aromatic rings. The van der Waals surface area contributed by atoms with Crippen molar-refractivity contribution >= 4 is 23.2 Å². The van der Waals surface area contributed by atoms with Gasteiger partial charge in [0.2, 0.25) is 0 Å². The maximum absolute atomic E-state index is 6.39. The molecular formula is C15H14Cl2N2. The molecule has 1 aromatic carbocycles. The molecule has 1 aliphatic rings. The van der Waals surface area contributed by atoms with Crippen LogP contribution < -0.4 is 5.73 Å². The molecule has 0 saturated carbocycles. The fraction of sp³-hybridized carbons (Fsp3) is 0.267. The molecule has 2 unspecified atom stereocenters. The molecule has 2 N–H and O–H groups in total. The van der Waals surface area contributed by atoms with Crippen LogP contribution in [-0.4, -0.2) is 4.98 Å². The van der Waals surface area contributed by atoms with Crippen molar-refractivity contribution in [2.45, 2.75) is 24.8 Å². The van der Waals surface area contributed by atoms with E-state index in [0.717, 1.165) is 24.1 Å². The summed E-state index contributed by atoms with van der Waals surface area (Å²) in [6.45, 7) is 0. The highest BCUT2D eigenvalue weighted by molar-refractivity contribution is 6.42. The Labute approximate surface area is 122 Å². The molecule has 0 amide bonds. The van der Waals surface area contributed by atoms with E-state index in [1.54, 1.807) is 6.07 Å². The normalized spacial score (nSPS) is 19.2. The second-order valence-corrected chi connectivity index (χ2v) is 5.71. The summed E-state index contributed by atoms with van der Waals surface area (Å²) in [5, 5.41) is 1.11. The van der Waals surface area contributed by atoms with Crippen molar-refractivity contribution in [3.63, 3.8) is 0 Å². The molecule has 0 saturated heterocycles. The third kappa shape index (κ3) is 2.36. The number of hydrogen-bond acceptors (Lipinski definition) is 2. The van der Waals surface area contributed by atoms with E-state index in [4.69, 9.17) is 28.9 Å². The molecule has 0 aliphatic heterocycles. The number of fused-ring (bicyclic) bond motifs is 1. The van der Waals surface area contributed by atoms with Gasteiger partial charge >= 0.3 is 0 Å². The van der Waals surface area contributed by atoms with Gasteiger partial charge in [-0.1, -0.05) is 35.3 Å². The lowest BCUT2D eigenvalue weighted by Crippen LogP contribution is -2.18. The summed E-state index contributed by atoms with van der Waals surface area (Å²) in [4.78, 5) is 4.49. The Balaban J connectivity index is 1.93. The van der Waals surface area contributed by atoms with E-state index in [1.807, 2.05) is 24.4 Å². The summed E-state index contributed by atoms with van der Waals surface area (Å²) in [7, 11) is 0. The Bertz CT molecular complexity index is 613. The van der Waals surface area contributed by atoms with Crippen molar-refractivity contribution in [1.82, 2.24) is 4.98 Å². The summed E-state index contributed by atoms with van der Waals surface area (Å²) in [5.41, 5.74) is 9.84. The Morgan fingerprint density at radius 2 is 2.05 bits per heavy atom. The van der Waals surface area contributed by atoms with Crippen LogP contribution in [0, 0.1) is 0 Å². The van der Waals surface area contributed by atoms with Crippen molar-refractivity contribution in [2.24, 2.45) is 5.73 Å².